The monoisotopic (exact) mass is 289 g/mol. The van der Waals surface area contributed by atoms with E-state index in [0.717, 1.165) is 17.7 Å². The molecule has 5 heteroatoms. The number of amides is 1. The standard InChI is InChI=1S/C15H19N3OS/c1-3-4-12(16)14(19)18-15-17-13(9-20-15)11-7-5-10(2)6-8-11/h5-9,12H,3-4,16H2,1-2H3,(H,17,18,19). The first-order valence-corrected chi connectivity index (χ1v) is 7.57. The maximum absolute atomic E-state index is 11.8. The third-order valence-corrected chi connectivity index (χ3v) is 3.78. The molecule has 3 N–H and O–H groups in total. The largest absolute Gasteiger partial charge is 0.320 e. The first-order valence-electron chi connectivity index (χ1n) is 6.69. The van der Waals surface area contributed by atoms with Crippen LogP contribution in [0.25, 0.3) is 11.3 Å². The van der Waals surface area contributed by atoms with Crippen LogP contribution in [0.15, 0.2) is 29.6 Å². The number of aromatic nitrogens is 1. The minimum Gasteiger partial charge on any atom is -0.320 e. The van der Waals surface area contributed by atoms with E-state index in [1.165, 1.54) is 16.9 Å². The zero-order chi connectivity index (χ0) is 14.5. The Morgan fingerprint density at radius 3 is 2.75 bits per heavy atom. The highest BCUT2D eigenvalue weighted by Crippen LogP contribution is 2.25. The van der Waals surface area contributed by atoms with Gasteiger partial charge in [0.15, 0.2) is 5.13 Å². The normalized spacial score (nSPS) is 12.2. The summed E-state index contributed by atoms with van der Waals surface area (Å²) in [5, 5.41) is 5.30. The van der Waals surface area contributed by atoms with Gasteiger partial charge in [0, 0.05) is 10.9 Å². The number of thiazole rings is 1. The number of carbonyl (C=O) groups is 1. The maximum atomic E-state index is 11.8. The van der Waals surface area contributed by atoms with Crippen LogP contribution in [0.1, 0.15) is 25.3 Å². The van der Waals surface area contributed by atoms with Gasteiger partial charge in [-0.05, 0) is 13.3 Å². The van der Waals surface area contributed by atoms with Gasteiger partial charge in [0.2, 0.25) is 5.91 Å². The van der Waals surface area contributed by atoms with Gasteiger partial charge in [-0.15, -0.1) is 11.3 Å². The van der Waals surface area contributed by atoms with Gasteiger partial charge in [-0.25, -0.2) is 4.98 Å². The van der Waals surface area contributed by atoms with Gasteiger partial charge in [-0.1, -0.05) is 43.2 Å². The summed E-state index contributed by atoms with van der Waals surface area (Å²) in [5.41, 5.74) is 8.90. The van der Waals surface area contributed by atoms with Crippen molar-refractivity contribution in [3.63, 3.8) is 0 Å². The summed E-state index contributed by atoms with van der Waals surface area (Å²) in [5.74, 6) is -0.170. The van der Waals surface area contributed by atoms with E-state index >= 15 is 0 Å². The number of nitrogens with zero attached hydrogens (tertiary/aromatic N) is 1. The molecule has 0 bridgehead atoms. The minimum atomic E-state index is -0.466. The third kappa shape index (κ3) is 3.65. The van der Waals surface area contributed by atoms with E-state index in [2.05, 4.69) is 10.3 Å². The van der Waals surface area contributed by atoms with E-state index < -0.39 is 6.04 Å². The fourth-order valence-corrected chi connectivity index (χ4v) is 2.55. The average molecular weight is 289 g/mol. The fraction of sp³-hybridized carbons (Fsp3) is 0.333. The Hall–Kier alpha value is -1.72. The third-order valence-electron chi connectivity index (χ3n) is 3.02. The van der Waals surface area contributed by atoms with Crippen LogP contribution >= 0.6 is 11.3 Å². The summed E-state index contributed by atoms with van der Waals surface area (Å²) in [6.07, 6.45) is 1.57. The van der Waals surface area contributed by atoms with Gasteiger partial charge < -0.3 is 11.1 Å². The van der Waals surface area contributed by atoms with E-state index in [0.29, 0.717) is 11.6 Å². The molecule has 0 aliphatic carbocycles. The molecule has 0 saturated carbocycles. The molecular weight excluding hydrogens is 270 g/mol. The number of rotatable bonds is 5. The number of anilines is 1. The molecular formula is C15H19N3OS. The lowest BCUT2D eigenvalue weighted by molar-refractivity contribution is -0.117. The van der Waals surface area contributed by atoms with Gasteiger partial charge in [-0.2, -0.15) is 0 Å². The predicted octanol–water partition coefficient (Wildman–Crippen LogP) is 3.18. The lowest BCUT2D eigenvalue weighted by Gasteiger charge is -2.08. The molecule has 1 aromatic carbocycles. The highest BCUT2D eigenvalue weighted by molar-refractivity contribution is 7.14. The second-order valence-electron chi connectivity index (χ2n) is 4.79. The lowest BCUT2D eigenvalue weighted by atomic mass is 10.1. The predicted molar refractivity (Wildman–Crippen MR) is 83.8 cm³/mol. The molecule has 0 aliphatic heterocycles. The molecule has 2 aromatic rings. The van der Waals surface area contributed by atoms with Crippen LogP contribution in [0.3, 0.4) is 0 Å². The van der Waals surface area contributed by atoms with Gasteiger partial charge >= 0.3 is 0 Å². The molecule has 1 amide bonds. The van der Waals surface area contributed by atoms with Crippen molar-refractivity contribution in [2.45, 2.75) is 32.7 Å². The number of benzene rings is 1. The van der Waals surface area contributed by atoms with Gasteiger partial charge in [0.05, 0.1) is 11.7 Å². The Balaban J connectivity index is 2.05. The SMILES string of the molecule is CCCC(N)C(=O)Nc1nc(-c2ccc(C)cc2)cs1. The molecule has 4 nitrogen and oxygen atoms in total. The van der Waals surface area contributed by atoms with Crippen LogP contribution in [-0.4, -0.2) is 16.9 Å². The summed E-state index contributed by atoms with van der Waals surface area (Å²) < 4.78 is 0. The van der Waals surface area contributed by atoms with Crippen molar-refractivity contribution in [3.8, 4) is 11.3 Å². The summed E-state index contributed by atoms with van der Waals surface area (Å²) >= 11 is 1.41. The Morgan fingerprint density at radius 2 is 2.10 bits per heavy atom. The van der Waals surface area contributed by atoms with Crippen molar-refractivity contribution in [3.05, 3.63) is 35.2 Å². The highest BCUT2D eigenvalue weighted by atomic mass is 32.1. The van der Waals surface area contributed by atoms with Crippen LogP contribution in [0.4, 0.5) is 5.13 Å². The average Bonchev–Trinajstić information content (AvgIpc) is 2.88. The second kappa shape index (κ2) is 6.63. The van der Waals surface area contributed by atoms with Crippen LogP contribution in [0, 0.1) is 6.92 Å². The zero-order valence-corrected chi connectivity index (χ0v) is 12.5. The van der Waals surface area contributed by atoms with Crippen LogP contribution in [-0.2, 0) is 4.79 Å². The number of nitrogens with one attached hydrogen (secondary N) is 1. The first-order chi connectivity index (χ1) is 9.60. The fourth-order valence-electron chi connectivity index (χ4n) is 1.83. The van der Waals surface area contributed by atoms with Crippen molar-refractivity contribution in [2.24, 2.45) is 5.73 Å². The highest BCUT2D eigenvalue weighted by Gasteiger charge is 2.14. The van der Waals surface area contributed by atoms with Crippen molar-refractivity contribution in [1.82, 2.24) is 4.98 Å². The topological polar surface area (TPSA) is 68.0 Å². The molecule has 20 heavy (non-hydrogen) atoms. The Kier molecular flexibility index (Phi) is 4.87. The van der Waals surface area contributed by atoms with E-state index in [4.69, 9.17) is 5.73 Å². The van der Waals surface area contributed by atoms with Crippen molar-refractivity contribution >= 4 is 22.4 Å². The van der Waals surface area contributed by atoms with Crippen molar-refractivity contribution in [1.29, 1.82) is 0 Å². The molecule has 0 saturated heterocycles. The molecule has 0 radical (unpaired) electrons. The van der Waals surface area contributed by atoms with E-state index in [-0.39, 0.29) is 5.91 Å². The molecule has 0 fully saturated rings. The summed E-state index contributed by atoms with van der Waals surface area (Å²) in [4.78, 5) is 16.2. The Labute approximate surface area is 123 Å². The van der Waals surface area contributed by atoms with E-state index in [1.54, 1.807) is 0 Å². The lowest BCUT2D eigenvalue weighted by Crippen LogP contribution is -2.35. The molecule has 1 aromatic heterocycles. The molecule has 1 heterocycles. The molecule has 106 valence electrons. The smallest absolute Gasteiger partial charge is 0.243 e. The van der Waals surface area contributed by atoms with Gasteiger partial charge in [0.25, 0.3) is 0 Å². The molecule has 0 aliphatic rings. The molecule has 0 spiro atoms. The number of hydrogen-bond acceptors (Lipinski definition) is 4. The molecule has 2 rings (SSSR count). The molecule has 1 unspecified atom stereocenters. The number of nitrogens with two attached hydrogens (primary N) is 1. The van der Waals surface area contributed by atoms with Crippen LogP contribution in [0.2, 0.25) is 0 Å². The van der Waals surface area contributed by atoms with Gasteiger partial charge in [-0.3, -0.25) is 4.79 Å². The number of carbonyl (C=O) groups excluding carboxylic acids is 1. The van der Waals surface area contributed by atoms with E-state index in [9.17, 15) is 4.79 Å². The van der Waals surface area contributed by atoms with Gasteiger partial charge in [0.1, 0.15) is 0 Å². The number of aryl methyl sites for hydroxylation is 1. The summed E-state index contributed by atoms with van der Waals surface area (Å²) in [6.45, 7) is 4.05. The minimum absolute atomic E-state index is 0.170. The number of hydrogen-bond donors (Lipinski definition) is 2. The Morgan fingerprint density at radius 1 is 1.40 bits per heavy atom. The van der Waals surface area contributed by atoms with Crippen LogP contribution < -0.4 is 11.1 Å². The molecule has 1 atom stereocenters. The zero-order valence-electron chi connectivity index (χ0n) is 11.7. The summed E-state index contributed by atoms with van der Waals surface area (Å²) in [6, 6.07) is 7.68. The van der Waals surface area contributed by atoms with E-state index in [1.807, 2.05) is 43.5 Å². The Bertz CT molecular complexity index is 577. The quantitative estimate of drug-likeness (QED) is 0.888. The second-order valence-corrected chi connectivity index (χ2v) is 5.65. The van der Waals surface area contributed by atoms with Crippen molar-refractivity contribution < 1.29 is 4.79 Å². The maximum Gasteiger partial charge on any atom is 0.243 e. The summed E-state index contributed by atoms with van der Waals surface area (Å²) in [7, 11) is 0. The first kappa shape index (κ1) is 14.7. The van der Waals surface area contributed by atoms with Crippen LogP contribution in [0.5, 0.6) is 0 Å². The van der Waals surface area contributed by atoms with Crippen molar-refractivity contribution in [2.75, 3.05) is 5.32 Å².